The Labute approximate surface area is 166 Å². The molecule has 0 aromatic heterocycles. The smallest absolute Gasteiger partial charge is 0.175 e. The van der Waals surface area contributed by atoms with Gasteiger partial charge in [0.05, 0.1) is 12.0 Å². The van der Waals surface area contributed by atoms with E-state index >= 15 is 0 Å². The van der Waals surface area contributed by atoms with Crippen LogP contribution in [0.4, 0.5) is 4.39 Å². The number of ether oxygens (including phenoxy) is 1. The average Bonchev–Trinajstić information content (AvgIpc) is 2.61. The summed E-state index contributed by atoms with van der Waals surface area (Å²) in [5, 5.41) is 0. The fourth-order valence-corrected chi connectivity index (χ4v) is 3.02. The van der Waals surface area contributed by atoms with Gasteiger partial charge in [0.1, 0.15) is 11.5 Å². The number of benzene rings is 2. The molecule has 0 aliphatic carbocycles. The minimum atomic E-state index is -3.29. The van der Waals surface area contributed by atoms with E-state index in [1.807, 2.05) is 6.92 Å². The lowest BCUT2D eigenvalue weighted by atomic mass is 9.91. The second-order valence-corrected chi connectivity index (χ2v) is 9.65. The molecule has 28 heavy (non-hydrogen) atoms. The van der Waals surface area contributed by atoms with Gasteiger partial charge in [-0.3, -0.25) is 4.99 Å². The normalized spacial score (nSPS) is 13.9. The predicted octanol–water partition coefficient (Wildman–Crippen LogP) is 5.21. The lowest BCUT2D eigenvalue weighted by molar-refractivity contribution is 0.371. The van der Waals surface area contributed by atoms with E-state index in [0.717, 1.165) is 12.0 Å². The molecule has 0 aliphatic heterocycles. The first-order chi connectivity index (χ1) is 12.9. The summed E-state index contributed by atoms with van der Waals surface area (Å²) in [5.41, 5.74) is 2.66. The summed E-state index contributed by atoms with van der Waals surface area (Å²) < 4.78 is 42.5. The Morgan fingerprint density at radius 3 is 1.89 bits per heavy atom. The fraction of sp³-hybridized carbons (Fsp3) is 0.318. The zero-order valence-corrected chi connectivity index (χ0v) is 17.9. The first kappa shape index (κ1) is 21.8. The van der Waals surface area contributed by atoms with Gasteiger partial charge in [-0.2, -0.15) is 0 Å². The molecule has 6 heteroatoms. The molecule has 4 nitrogen and oxygen atoms in total. The summed E-state index contributed by atoms with van der Waals surface area (Å²) in [6, 6.07) is 12.5. The van der Waals surface area contributed by atoms with Crippen molar-refractivity contribution in [2.75, 3.05) is 13.4 Å². The Balaban J connectivity index is 2.72. The van der Waals surface area contributed by atoms with Crippen LogP contribution in [0.1, 0.15) is 38.8 Å². The predicted molar refractivity (Wildman–Crippen MR) is 112 cm³/mol. The van der Waals surface area contributed by atoms with Crippen LogP contribution in [0.15, 0.2) is 58.4 Å². The molecule has 2 aromatic rings. The highest BCUT2D eigenvalue weighted by Crippen LogP contribution is 2.31. The molecule has 0 atom stereocenters. The molecule has 0 aliphatic rings. The molecule has 0 saturated heterocycles. The third-order valence-electron chi connectivity index (χ3n) is 4.45. The number of sulfone groups is 1. The van der Waals surface area contributed by atoms with Crippen molar-refractivity contribution < 1.29 is 17.5 Å². The van der Waals surface area contributed by atoms with Crippen molar-refractivity contribution >= 4 is 27.0 Å². The molecular formula is C22H26FNO3S. The van der Waals surface area contributed by atoms with Crippen LogP contribution >= 0.6 is 0 Å². The Kier molecular flexibility index (Phi) is 6.44. The first-order valence-corrected chi connectivity index (χ1v) is 10.7. The van der Waals surface area contributed by atoms with Gasteiger partial charge in [0.2, 0.25) is 0 Å². The zero-order chi connectivity index (χ0) is 21.1. The molecule has 0 radical (unpaired) electrons. The number of methoxy groups -OCH3 is 1. The van der Waals surface area contributed by atoms with Gasteiger partial charge in [0.25, 0.3) is 0 Å². The van der Waals surface area contributed by atoms with E-state index in [-0.39, 0.29) is 16.1 Å². The maximum absolute atomic E-state index is 13.4. The van der Waals surface area contributed by atoms with E-state index < -0.39 is 9.84 Å². The lowest BCUT2D eigenvalue weighted by Crippen LogP contribution is -2.17. The molecule has 0 saturated carbocycles. The molecule has 0 heterocycles. The number of rotatable bonds is 5. The Morgan fingerprint density at radius 1 is 0.964 bits per heavy atom. The summed E-state index contributed by atoms with van der Waals surface area (Å²) in [6.07, 6.45) is 1.16. The van der Waals surface area contributed by atoms with Crippen LogP contribution < -0.4 is 0 Å². The van der Waals surface area contributed by atoms with Crippen molar-refractivity contribution in [2.45, 2.75) is 32.6 Å². The SMILES string of the molecule is CO/C(=C(\N=C(C)C(C)(C)C)c1ccc(F)cc1)c1ccc(S(C)(=O)=O)cc1. The number of halogens is 1. The molecule has 2 rings (SSSR count). The maximum atomic E-state index is 13.4. The van der Waals surface area contributed by atoms with Gasteiger partial charge in [-0.15, -0.1) is 0 Å². The second-order valence-electron chi connectivity index (χ2n) is 7.63. The van der Waals surface area contributed by atoms with E-state index in [1.165, 1.54) is 31.4 Å². The van der Waals surface area contributed by atoms with Crippen LogP contribution in [-0.2, 0) is 14.6 Å². The summed E-state index contributed by atoms with van der Waals surface area (Å²) >= 11 is 0. The standard InChI is InChI=1S/C22H26FNO3S/c1-15(22(2,3)4)24-20(16-7-11-18(23)12-8-16)21(27-5)17-9-13-19(14-10-17)28(6,25)26/h7-14H,1-6H3/b21-20-,24-15?. The monoisotopic (exact) mass is 403 g/mol. The number of nitrogens with zero attached hydrogens (tertiary/aromatic N) is 1. The molecule has 0 N–H and O–H groups in total. The van der Waals surface area contributed by atoms with Gasteiger partial charge in [-0.25, -0.2) is 12.8 Å². The third kappa shape index (κ3) is 5.29. The summed E-state index contributed by atoms with van der Waals surface area (Å²) in [4.78, 5) is 5.02. The van der Waals surface area contributed by atoms with Crippen LogP contribution in [0.2, 0.25) is 0 Å². The molecule has 0 unspecified atom stereocenters. The van der Waals surface area contributed by atoms with Crippen LogP contribution in [0.3, 0.4) is 0 Å². The van der Waals surface area contributed by atoms with Gasteiger partial charge in [0.15, 0.2) is 15.6 Å². The van der Waals surface area contributed by atoms with Crippen molar-refractivity contribution in [2.24, 2.45) is 10.4 Å². The fourth-order valence-electron chi connectivity index (χ4n) is 2.39. The van der Waals surface area contributed by atoms with Crippen LogP contribution in [-0.4, -0.2) is 27.5 Å². The van der Waals surface area contributed by atoms with E-state index in [1.54, 1.807) is 24.3 Å². The van der Waals surface area contributed by atoms with Crippen molar-refractivity contribution in [1.29, 1.82) is 0 Å². The molecular weight excluding hydrogens is 377 g/mol. The quantitative estimate of drug-likeness (QED) is 0.391. The summed E-state index contributed by atoms with van der Waals surface area (Å²) in [7, 11) is -1.76. The number of hydrogen-bond acceptors (Lipinski definition) is 4. The number of aliphatic imine (C=N–C) groups is 1. The minimum absolute atomic E-state index is 0.162. The van der Waals surface area contributed by atoms with Crippen molar-refractivity contribution in [3.63, 3.8) is 0 Å². The van der Waals surface area contributed by atoms with Crippen molar-refractivity contribution in [1.82, 2.24) is 0 Å². The highest BCUT2D eigenvalue weighted by atomic mass is 32.2. The Morgan fingerprint density at radius 2 is 1.46 bits per heavy atom. The zero-order valence-electron chi connectivity index (χ0n) is 17.1. The third-order valence-corrected chi connectivity index (χ3v) is 5.57. The highest BCUT2D eigenvalue weighted by molar-refractivity contribution is 7.90. The van der Waals surface area contributed by atoms with E-state index in [0.29, 0.717) is 22.6 Å². The molecule has 2 aromatic carbocycles. The molecule has 0 spiro atoms. The van der Waals surface area contributed by atoms with E-state index in [2.05, 4.69) is 20.8 Å². The van der Waals surface area contributed by atoms with Crippen molar-refractivity contribution in [3.8, 4) is 0 Å². The molecule has 0 fully saturated rings. The van der Waals surface area contributed by atoms with Gasteiger partial charge >= 0.3 is 0 Å². The van der Waals surface area contributed by atoms with Gasteiger partial charge in [-0.1, -0.05) is 20.8 Å². The summed E-state index contributed by atoms with van der Waals surface area (Å²) in [5.74, 6) is 0.145. The Hall–Kier alpha value is -2.47. The van der Waals surface area contributed by atoms with Crippen molar-refractivity contribution in [3.05, 3.63) is 65.5 Å². The highest BCUT2D eigenvalue weighted by Gasteiger charge is 2.19. The summed E-state index contributed by atoms with van der Waals surface area (Å²) in [6.45, 7) is 8.11. The van der Waals surface area contributed by atoms with Crippen LogP contribution in [0, 0.1) is 11.2 Å². The van der Waals surface area contributed by atoms with Crippen LogP contribution in [0.5, 0.6) is 0 Å². The lowest BCUT2D eigenvalue weighted by Gasteiger charge is -2.20. The number of hydrogen-bond donors (Lipinski definition) is 0. The maximum Gasteiger partial charge on any atom is 0.175 e. The van der Waals surface area contributed by atoms with E-state index in [4.69, 9.17) is 9.73 Å². The molecule has 0 bridgehead atoms. The second kappa shape index (κ2) is 8.27. The van der Waals surface area contributed by atoms with Gasteiger partial charge in [-0.05, 0) is 60.9 Å². The molecule has 150 valence electrons. The average molecular weight is 404 g/mol. The first-order valence-electron chi connectivity index (χ1n) is 8.84. The minimum Gasteiger partial charge on any atom is -0.494 e. The van der Waals surface area contributed by atoms with Gasteiger partial charge < -0.3 is 4.74 Å². The van der Waals surface area contributed by atoms with E-state index in [9.17, 15) is 12.8 Å². The molecule has 0 amide bonds. The van der Waals surface area contributed by atoms with Gasteiger partial charge in [0, 0.05) is 23.1 Å². The topological polar surface area (TPSA) is 55.7 Å². The van der Waals surface area contributed by atoms with Crippen LogP contribution in [0.25, 0.3) is 11.5 Å². The Bertz CT molecular complexity index is 997. The largest absolute Gasteiger partial charge is 0.494 e.